The predicted octanol–water partition coefficient (Wildman–Crippen LogP) is 3.43. The number of carbonyl (C=O) groups excluding carboxylic acids is 2. The van der Waals surface area contributed by atoms with Crippen LogP contribution in [0, 0.1) is 0 Å². The molecule has 1 aromatic heterocycles. The van der Waals surface area contributed by atoms with E-state index in [2.05, 4.69) is 27.8 Å². The van der Waals surface area contributed by atoms with Gasteiger partial charge in [-0.15, -0.1) is 0 Å². The Bertz CT molecular complexity index is 1200. The minimum absolute atomic E-state index is 0.0673. The standard InChI is InChI=1S/C23H21N3O3/c27-20-18(17-6-3-11-23(13-17)21(28)25-22(29)26-23)9-10-19(24-20)16-8-7-14-4-1-2-5-15(14)12-16/h1-2,4-5,7-10,12,17H,3,6,11,13H2,(H,24,27)(H2,25,26,28,29)/t17-,23+/m0/s1. The number of hydrogen-bond donors (Lipinski definition) is 3. The molecule has 0 unspecified atom stereocenters. The molecule has 1 saturated carbocycles. The topological polar surface area (TPSA) is 91.1 Å². The van der Waals surface area contributed by atoms with Crippen LogP contribution in [0.1, 0.15) is 37.2 Å². The first-order valence-electron chi connectivity index (χ1n) is 9.90. The average molecular weight is 387 g/mol. The Labute approximate surface area is 167 Å². The lowest BCUT2D eigenvalue weighted by molar-refractivity contribution is -0.125. The fourth-order valence-corrected chi connectivity index (χ4v) is 4.72. The van der Waals surface area contributed by atoms with Crippen molar-refractivity contribution in [1.29, 1.82) is 0 Å². The Hall–Kier alpha value is -3.41. The summed E-state index contributed by atoms with van der Waals surface area (Å²) < 4.78 is 0. The van der Waals surface area contributed by atoms with Crippen molar-refractivity contribution in [2.24, 2.45) is 0 Å². The van der Waals surface area contributed by atoms with Crippen molar-refractivity contribution >= 4 is 22.7 Å². The van der Waals surface area contributed by atoms with Gasteiger partial charge in [-0.05, 0) is 60.1 Å². The van der Waals surface area contributed by atoms with E-state index < -0.39 is 11.6 Å². The highest BCUT2D eigenvalue weighted by atomic mass is 16.2. The van der Waals surface area contributed by atoms with Crippen LogP contribution in [0.25, 0.3) is 22.0 Å². The van der Waals surface area contributed by atoms with Gasteiger partial charge < -0.3 is 10.3 Å². The Morgan fingerprint density at radius 1 is 0.931 bits per heavy atom. The minimum atomic E-state index is -0.885. The Kier molecular flexibility index (Phi) is 4.01. The Morgan fingerprint density at radius 2 is 1.76 bits per heavy atom. The minimum Gasteiger partial charge on any atom is -0.323 e. The molecule has 2 aliphatic rings. The van der Waals surface area contributed by atoms with Crippen LogP contribution in [0.15, 0.2) is 59.4 Å². The summed E-state index contributed by atoms with van der Waals surface area (Å²) >= 11 is 0. The highest BCUT2D eigenvalue weighted by Gasteiger charge is 2.49. The van der Waals surface area contributed by atoms with Crippen molar-refractivity contribution < 1.29 is 9.59 Å². The number of benzene rings is 2. The van der Waals surface area contributed by atoms with Crippen molar-refractivity contribution in [2.45, 2.75) is 37.1 Å². The molecule has 1 spiro atoms. The van der Waals surface area contributed by atoms with Gasteiger partial charge in [-0.3, -0.25) is 14.9 Å². The molecule has 6 heteroatoms. The molecular weight excluding hydrogens is 366 g/mol. The first-order chi connectivity index (χ1) is 14.0. The van der Waals surface area contributed by atoms with Gasteiger partial charge >= 0.3 is 6.03 Å². The van der Waals surface area contributed by atoms with Crippen LogP contribution in [-0.2, 0) is 4.79 Å². The Balaban J connectivity index is 1.46. The number of aromatic amines is 1. The van der Waals surface area contributed by atoms with Gasteiger partial charge in [0, 0.05) is 11.3 Å². The average Bonchev–Trinajstić information content (AvgIpc) is 2.99. The first-order valence-corrected chi connectivity index (χ1v) is 9.90. The summed E-state index contributed by atoms with van der Waals surface area (Å²) in [6.07, 6.45) is 2.66. The van der Waals surface area contributed by atoms with Crippen LogP contribution in [0.4, 0.5) is 4.79 Å². The molecule has 0 bridgehead atoms. The fourth-order valence-electron chi connectivity index (χ4n) is 4.72. The molecular formula is C23H21N3O3. The van der Waals surface area contributed by atoms with Crippen LogP contribution >= 0.6 is 0 Å². The lowest BCUT2D eigenvalue weighted by Crippen LogP contribution is -2.50. The van der Waals surface area contributed by atoms with Crippen molar-refractivity contribution in [3.8, 4) is 11.3 Å². The van der Waals surface area contributed by atoms with E-state index in [1.165, 1.54) is 0 Å². The number of aromatic nitrogens is 1. The summed E-state index contributed by atoms with van der Waals surface area (Å²) in [4.78, 5) is 39.8. The molecule has 0 radical (unpaired) electrons. The van der Waals surface area contributed by atoms with E-state index in [1.54, 1.807) is 0 Å². The van der Waals surface area contributed by atoms with Crippen LogP contribution in [0.3, 0.4) is 0 Å². The summed E-state index contributed by atoms with van der Waals surface area (Å²) in [5, 5.41) is 7.38. The van der Waals surface area contributed by atoms with Gasteiger partial charge in [0.2, 0.25) is 0 Å². The highest BCUT2D eigenvalue weighted by molar-refractivity contribution is 6.07. The molecule has 2 heterocycles. The zero-order chi connectivity index (χ0) is 20.0. The van der Waals surface area contributed by atoms with Gasteiger partial charge in [0.15, 0.2) is 0 Å². The third-order valence-electron chi connectivity index (χ3n) is 6.21. The van der Waals surface area contributed by atoms with E-state index >= 15 is 0 Å². The first kappa shape index (κ1) is 17.7. The number of imide groups is 1. The monoisotopic (exact) mass is 387 g/mol. The number of urea groups is 1. The van der Waals surface area contributed by atoms with Crippen molar-refractivity contribution in [1.82, 2.24) is 15.6 Å². The quantitative estimate of drug-likeness (QED) is 0.589. The summed E-state index contributed by atoms with van der Waals surface area (Å²) in [6, 6.07) is 17.6. The summed E-state index contributed by atoms with van der Waals surface area (Å²) in [7, 11) is 0. The molecule has 1 saturated heterocycles. The van der Waals surface area contributed by atoms with E-state index in [9.17, 15) is 14.4 Å². The molecule has 6 nitrogen and oxygen atoms in total. The molecule has 3 amide bonds. The summed E-state index contributed by atoms with van der Waals surface area (Å²) in [6.45, 7) is 0. The SMILES string of the molecule is O=C1NC(=O)[C@]2(CCC[C@H](c3ccc(-c4ccc5ccccc5c4)[nH]c3=O)C2)N1. The number of nitrogens with one attached hydrogen (secondary N) is 3. The van der Waals surface area contributed by atoms with Crippen LogP contribution in [0.5, 0.6) is 0 Å². The van der Waals surface area contributed by atoms with Crippen molar-refractivity contribution in [3.63, 3.8) is 0 Å². The maximum absolute atomic E-state index is 12.9. The predicted molar refractivity (Wildman–Crippen MR) is 111 cm³/mol. The van der Waals surface area contributed by atoms with E-state index in [0.717, 1.165) is 34.9 Å². The second-order valence-corrected chi connectivity index (χ2v) is 8.00. The summed E-state index contributed by atoms with van der Waals surface area (Å²) in [5.74, 6) is -0.348. The smallest absolute Gasteiger partial charge is 0.322 e. The van der Waals surface area contributed by atoms with Gasteiger partial charge in [0.05, 0.1) is 0 Å². The third kappa shape index (κ3) is 3.01. The zero-order valence-corrected chi connectivity index (χ0v) is 15.8. The molecule has 1 aliphatic heterocycles. The van der Waals surface area contributed by atoms with E-state index in [0.29, 0.717) is 18.4 Å². The van der Waals surface area contributed by atoms with Gasteiger partial charge in [-0.2, -0.15) is 0 Å². The van der Waals surface area contributed by atoms with E-state index in [-0.39, 0.29) is 17.4 Å². The second kappa shape index (κ2) is 6.58. The molecule has 2 fully saturated rings. The molecule has 3 aromatic rings. The van der Waals surface area contributed by atoms with Gasteiger partial charge in [0.1, 0.15) is 5.54 Å². The molecule has 5 rings (SSSR count). The third-order valence-corrected chi connectivity index (χ3v) is 6.21. The maximum Gasteiger partial charge on any atom is 0.322 e. The number of rotatable bonds is 2. The lowest BCUT2D eigenvalue weighted by Gasteiger charge is -2.35. The number of carbonyl (C=O) groups is 2. The second-order valence-electron chi connectivity index (χ2n) is 8.00. The number of hydrogen-bond acceptors (Lipinski definition) is 3. The zero-order valence-electron chi connectivity index (χ0n) is 15.8. The molecule has 1 aliphatic carbocycles. The fraction of sp³-hybridized carbons (Fsp3) is 0.261. The van der Waals surface area contributed by atoms with Crippen LogP contribution < -0.4 is 16.2 Å². The molecule has 29 heavy (non-hydrogen) atoms. The lowest BCUT2D eigenvalue weighted by atomic mass is 9.73. The van der Waals surface area contributed by atoms with Gasteiger partial charge in [0.25, 0.3) is 11.5 Å². The van der Waals surface area contributed by atoms with Crippen molar-refractivity contribution in [3.05, 3.63) is 70.5 Å². The highest BCUT2D eigenvalue weighted by Crippen LogP contribution is 2.39. The normalized spacial score (nSPS) is 23.9. The molecule has 2 atom stereocenters. The van der Waals surface area contributed by atoms with Gasteiger partial charge in [-0.1, -0.05) is 42.5 Å². The molecule has 2 aromatic carbocycles. The Morgan fingerprint density at radius 3 is 2.52 bits per heavy atom. The number of amides is 3. The van der Waals surface area contributed by atoms with Gasteiger partial charge in [-0.25, -0.2) is 4.79 Å². The van der Waals surface area contributed by atoms with Crippen LogP contribution in [-0.4, -0.2) is 22.5 Å². The maximum atomic E-state index is 12.9. The van der Waals surface area contributed by atoms with Crippen LogP contribution in [0.2, 0.25) is 0 Å². The number of fused-ring (bicyclic) bond motifs is 1. The largest absolute Gasteiger partial charge is 0.323 e. The summed E-state index contributed by atoms with van der Waals surface area (Å²) in [5.41, 5.74) is 1.37. The van der Waals surface area contributed by atoms with E-state index in [4.69, 9.17) is 0 Å². The van der Waals surface area contributed by atoms with E-state index in [1.807, 2.05) is 42.5 Å². The number of H-pyrrole nitrogens is 1. The number of pyridine rings is 1. The molecule has 3 N–H and O–H groups in total. The van der Waals surface area contributed by atoms with Crippen molar-refractivity contribution in [2.75, 3.05) is 0 Å². The molecule has 146 valence electrons.